The fourth-order valence-corrected chi connectivity index (χ4v) is 4.97. The number of amides is 1. The number of carbonyl (C=O) groups is 1. The van der Waals surface area contributed by atoms with Crippen LogP contribution in [0.3, 0.4) is 0 Å². The summed E-state index contributed by atoms with van der Waals surface area (Å²) in [7, 11) is -3.68. The summed E-state index contributed by atoms with van der Waals surface area (Å²) in [6.45, 7) is 3.50. The maximum absolute atomic E-state index is 12.4. The van der Waals surface area contributed by atoms with Gasteiger partial charge < -0.3 is 4.57 Å². The number of anilines is 1. The van der Waals surface area contributed by atoms with Gasteiger partial charge in [-0.25, -0.2) is 13.8 Å². The second-order valence-corrected chi connectivity index (χ2v) is 10.4. The molecule has 7 nitrogen and oxygen atoms in total. The number of aromatic nitrogens is 1. The number of hydrogen-bond acceptors (Lipinski definition) is 4. The van der Waals surface area contributed by atoms with Gasteiger partial charge in [0.15, 0.2) is 0 Å². The van der Waals surface area contributed by atoms with Gasteiger partial charge in [0.05, 0.1) is 18.2 Å². The highest BCUT2D eigenvalue weighted by Crippen LogP contribution is 2.27. The lowest BCUT2D eigenvalue weighted by atomic mass is 10.2. The van der Waals surface area contributed by atoms with Crippen LogP contribution in [0, 0.1) is 13.8 Å². The average Bonchev–Trinajstić information content (AvgIpc) is 2.99. The summed E-state index contributed by atoms with van der Waals surface area (Å²) >= 11 is 9.44. The Morgan fingerprint density at radius 3 is 2.56 bits per heavy atom. The van der Waals surface area contributed by atoms with Gasteiger partial charge in [0.1, 0.15) is 6.54 Å². The second-order valence-electron chi connectivity index (χ2n) is 7.16. The zero-order valence-electron chi connectivity index (χ0n) is 17.7. The van der Waals surface area contributed by atoms with E-state index in [1.54, 1.807) is 24.3 Å². The van der Waals surface area contributed by atoms with E-state index >= 15 is 0 Å². The zero-order valence-corrected chi connectivity index (χ0v) is 20.9. The Bertz CT molecular complexity index is 1290. The molecule has 0 fully saturated rings. The monoisotopic (exact) mass is 536 g/mol. The highest BCUT2D eigenvalue weighted by molar-refractivity contribution is 9.10. The van der Waals surface area contributed by atoms with E-state index in [1.807, 2.05) is 48.7 Å². The van der Waals surface area contributed by atoms with Gasteiger partial charge >= 0.3 is 0 Å². The molecule has 1 aromatic heterocycles. The molecule has 3 rings (SSSR count). The lowest BCUT2D eigenvalue weighted by molar-refractivity contribution is -0.119. The van der Waals surface area contributed by atoms with Crippen LogP contribution in [0.2, 0.25) is 5.02 Å². The maximum atomic E-state index is 12.4. The summed E-state index contributed by atoms with van der Waals surface area (Å²) in [6.07, 6.45) is 2.58. The molecule has 0 saturated heterocycles. The van der Waals surface area contributed by atoms with Gasteiger partial charge in [-0.2, -0.15) is 5.10 Å². The molecule has 3 aromatic rings. The summed E-state index contributed by atoms with van der Waals surface area (Å²) in [6, 6.07) is 16.2. The summed E-state index contributed by atoms with van der Waals surface area (Å²) in [5, 5.41) is 4.66. The van der Waals surface area contributed by atoms with Crippen LogP contribution in [0.25, 0.3) is 5.69 Å². The Morgan fingerprint density at radius 1 is 1.19 bits per heavy atom. The lowest BCUT2D eigenvalue weighted by Gasteiger charge is -2.22. The lowest BCUT2D eigenvalue weighted by Crippen LogP contribution is -2.39. The smallest absolute Gasteiger partial charge is 0.260 e. The first-order valence-corrected chi connectivity index (χ1v) is 12.6. The largest absolute Gasteiger partial charge is 0.318 e. The van der Waals surface area contributed by atoms with Gasteiger partial charge in [0, 0.05) is 32.1 Å². The molecule has 0 radical (unpaired) electrons. The molecule has 32 heavy (non-hydrogen) atoms. The third kappa shape index (κ3) is 5.59. The third-order valence-corrected chi connectivity index (χ3v) is 6.77. The molecule has 10 heteroatoms. The normalized spacial score (nSPS) is 11.7. The van der Waals surface area contributed by atoms with Crippen LogP contribution in [0.1, 0.15) is 17.0 Å². The molecule has 1 amide bonds. The summed E-state index contributed by atoms with van der Waals surface area (Å²) in [5.41, 5.74) is 6.42. The quantitative estimate of drug-likeness (QED) is 0.358. The van der Waals surface area contributed by atoms with Crippen LogP contribution >= 0.6 is 27.5 Å². The maximum Gasteiger partial charge on any atom is 0.260 e. The molecule has 0 aliphatic heterocycles. The minimum Gasteiger partial charge on any atom is -0.318 e. The molecule has 0 unspecified atom stereocenters. The van der Waals surface area contributed by atoms with Crippen molar-refractivity contribution in [3.05, 3.63) is 81.0 Å². The van der Waals surface area contributed by atoms with Crippen molar-refractivity contribution in [3.63, 3.8) is 0 Å². The molecule has 0 bridgehead atoms. The summed E-state index contributed by atoms with van der Waals surface area (Å²) in [5.74, 6) is -0.564. The zero-order chi connectivity index (χ0) is 23.5. The summed E-state index contributed by atoms with van der Waals surface area (Å²) in [4.78, 5) is 12.4. The number of hydrazone groups is 1. The number of nitrogens with one attached hydrogen (secondary N) is 1. The number of para-hydroxylation sites is 1. The van der Waals surface area contributed by atoms with Gasteiger partial charge in [0.2, 0.25) is 10.0 Å². The summed E-state index contributed by atoms with van der Waals surface area (Å²) < 4.78 is 28.1. The second kappa shape index (κ2) is 9.89. The van der Waals surface area contributed by atoms with E-state index < -0.39 is 22.5 Å². The van der Waals surface area contributed by atoms with Crippen molar-refractivity contribution < 1.29 is 13.2 Å². The number of carbonyl (C=O) groups excluding carboxylic acids is 1. The molecule has 1 N–H and O–H groups in total. The van der Waals surface area contributed by atoms with Gasteiger partial charge in [-0.15, -0.1) is 0 Å². The van der Waals surface area contributed by atoms with Crippen LogP contribution in [0.5, 0.6) is 0 Å². The molecular weight excluding hydrogens is 516 g/mol. The van der Waals surface area contributed by atoms with E-state index in [0.717, 1.165) is 33.2 Å². The standard InChI is InChI=1S/C22H22BrClN4O3S/c1-15-11-17(16(2)28(15)19-8-6-7-18(24)12-19)13-25-26-22(29)14-27(32(3,30)31)21-10-5-4-9-20(21)23/h4-13H,14H2,1-3H3,(H,26,29)/b25-13+. The molecule has 0 aliphatic carbocycles. The number of sulfonamides is 1. The van der Waals surface area contributed by atoms with Crippen molar-refractivity contribution in [2.45, 2.75) is 13.8 Å². The van der Waals surface area contributed by atoms with Gasteiger partial charge in [-0.05, 0) is 66.2 Å². The van der Waals surface area contributed by atoms with E-state index in [-0.39, 0.29) is 0 Å². The Balaban J connectivity index is 1.75. The number of aryl methyl sites for hydroxylation is 1. The predicted octanol–water partition coefficient (Wildman–Crippen LogP) is 4.43. The molecule has 0 atom stereocenters. The molecular formula is C22H22BrClN4O3S. The highest BCUT2D eigenvalue weighted by atomic mass is 79.9. The molecule has 0 spiro atoms. The number of hydrogen-bond donors (Lipinski definition) is 1. The number of rotatable bonds is 7. The first kappa shape index (κ1) is 24.0. The number of benzene rings is 2. The minimum atomic E-state index is -3.68. The van der Waals surface area contributed by atoms with Crippen molar-refractivity contribution in [1.82, 2.24) is 9.99 Å². The Morgan fingerprint density at radius 2 is 1.91 bits per heavy atom. The van der Waals surface area contributed by atoms with Crippen LogP contribution in [0.15, 0.2) is 64.2 Å². The van der Waals surface area contributed by atoms with E-state index in [9.17, 15) is 13.2 Å². The van der Waals surface area contributed by atoms with E-state index in [0.29, 0.717) is 15.2 Å². The molecule has 0 saturated carbocycles. The van der Waals surface area contributed by atoms with Crippen molar-refractivity contribution >= 4 is 55.4 Å². The van der Waals surface area contributed by atoms with Gasteiger partial charge in [-0.1, -0.05) is 29.8 Å². The van der Waals surface area contributed by atoms with E-state index in [1.165, 1.54) is 6.21 Å². The minimum absolute atomic E-state index is 0.374. The van der Waals surface area contributed by atoms with Crippen molar-refractivity contribution in [2.75, 3.05) is 17.1 Å². The van der Waals surface area contributed by atoms with Gasteiger partial charge in [-0.3, -0.25) is 9.10 Å². The van der Waals surface area contributed by atoms with E-state index in [2.05, 4.69) is 26.5 Å². The Hall–Kier alpha value is -2.62. The fourth-order valence-electron chi connectivity index (χ4n) is 3.31. The Labute approximate surface area is 200 Å². The average molecular weight is 538 g/mol. The van der Waals surface area contributed by atoms with Crippen LogP contribution in [0.4, 0.5) is 5.69 Å². The topological polar surface area (TPSA) is 83.8 Å². The van der Waals surface area contributed by atoms with Crippen molar-refractivity contribution in [1.29, 1.82) is 0 Å². The van der Waals surface area contributed by atoms with Crippen LogP contribution in [-0.4, -0.2) is 37.9 Å². The first-order chi connectivity index (χ1) is 15.1. The SMILES string of the molecule is Cc1cc(/C=N/NC(=O)CN(c2ccccc2Br)S(C)(=O)=O)c(C)n1-c1cccc(Cl)c1. The molecule has 168 valence electrons. The first-order valence-electron chi connectivity index (χ1n) is 9.57. The van der Waals surface area contributed by atoms with Crippen molar-refractivity contribution in [3.8, 4) is 5.69 Å². The van der Waals surface area contributed by atoms with Gasteiger partial charge in [0.25, 0.3) is 5.91 Å². The van der Waals surface area contributed by atoms with Crippen LogP contribution in [-0.2, 0) is 14.8 Å². The number of nitrogens with zero attached hydrogens (tertiary/aromatic N) is 3. The molecule has 1 heterocycles. The molecule has 2 aromatic carbocycles. The highest BCUT2D eigenvalue weighted by Gasteiger charge is 2.22. The fraction of sp³-hybridized carbons (Fsp3) is 0.182. The Kier molecular flexibility index (Phi) is 7.43. The number of halogens is 2. The van der Waals surface area contributed by atoms with E-state index in [4.69, 9.17) is 11.6 Å². The molecule has 0 aliphatic rings. The predicted molar refractivity (Wildman–Crippen MR) is 132 cm³/mol. The van der Waals surface area contributed by atoms with Crippen molar-refractivity contribution in [2.24, 2.45) is 5.10 Å². The third-order valence-electron chi connectivity index (χ3n) is 4.74. The van der Waals surface area contributed by atoms with Crippen LogP contribution < -0.4 is 9.73 Å².